The number of Topliss-reactive ketones (excluding diaryl/α,β-unsaturated/α-hetero) is 1. The van der Waals surface area contributed by atoms with Gasteiger partial charge in [-0.2, -0.15) is 0 Å². The normalized spacial score (nSPS) is 13.2. The molecule has 0 radical (unpaired) electrons. The lowest BCUT2D eigenvalue weighted by molar-refractivity contribution is -0.116. The van der Waals surface area contributed by atoms with Crippen LogP contribution < -0.4 is 0 Å². The summed E-state index contributed by atoms with van der Waals surface area (Å²) in [5.41, 5.74) is 0. The van der Waals surface area contributed by atoms with E-state index in [1.54, 1.807) is 0 Å². The molecule has 6 heteroatoms. The fourth-order valence-electron chi connectivity index (χ4n) is 1.60. The molecule has 0 aromatic heterocycles. The number of unbranched alkanes of at least 4 members (excludes halogenated alkanes) is 4. The molecule has 0 aliphatic heterocycles. The third kappa shape index (κ3) is 19.9. The van der Waals surface area contributed by atoms with Crippen molar-refractivity contribution in [1.82, 2.24) is 0 Å². The van der Waals surface area contributed by atoms with Crippen molar-refractivity contribution >= 4 is 26.8 Å². The van der Waals surface area contributed by atoms with E-state index < -0.39 is 10.1 Å². The zero-order valence-corrected chi connectivity index (χ0v) is 17.4. The van der Waals surface area contributed by atoms with Crippen molar-refractivity contribution in [3.63, 3.8) is 0 Å². The van der Waals surface area contributed by atoms with Gasteiger partial charge in [-0.3, -0.25) is 4.79 Å². The lowest BCUT2D eigenvalue weighted by Gasteiger charge is -2.17. The highest BCUT2D eigenvalue weighted by molar-refractivity contribution is 7.98. The van der Waals surface area contributed by atoms with E-state index in [4.69, 9.17) is 0 Å². The molecular weight excluding hydrogens is 332 g/mol. The van der Waals surface area contributed by atoms with E-state index in [1.165, 1.54) is 19.3 Å². The molecule has 0 aliphatic rings. The average Bonchev–Trinajstić information content (AvgIpc) is 2.40. The van der Waals surface area contributed by atoms with E-state index in [0.29, 0.717) is 17.0 Å². The number of hydrogen-bond donors (Lipinski definition) is 0. The van der Waals surface area contributed by atoms with Gasteiger partial charge < -0.3 is 4.55 Å². The van der Waals surface area contributed by atoms with Gasteiger partial charge in [0.1, 0.15) is 4.75 Å². The van der Waals surface area contributed by atoms with Crippen LogP contribution in [0.4, 0.5) is 0 Å². The van der Waals surface area contributed by atoms with Crippen LogP contribution in [-0.4, -0.2) is 41.3 Å². The third-order valence-corrected chi connectivity index (χ3v) is 7.11. The van der Waals surface area contributed by atoms with Crippen LogP contribution in [0.3, 0.4) is 0 Å². The van der Waals surface area contributed by atoms with Gasteiger partial charge >= 0.3 is 0 Å². The van der Waals surface area contributed by atoms with Crippen molar-refractivity contribution in [2.45, 2.75) is 84.3 Å². The molecule has 0 spiro atoms. The van der Waals surface area contributed by atoms with Gasteiger partial charge in [0.25, 0.3) is 0 Å². The van der Waals surface area contributed by atoms with Crippen LogP contribution in [0.2, 0.25) is 0 Å². The molecule has 0 aliphatic carbocycles. The summed E-state index contributed by atoms with van der Waals surface area (Å²) < 4.78 is 29.8. The molecular formula is C17H36O4S2. The van der Waals surface area contributed by atoms with Crippen molar-refractivity contribution in [3.8, 4) is 0 Å². The van der Waals surface area contributed by atoms with E-state index >= 15 is 0 Å². The van der Waals surface area contributed by atoms with Crippen LogP contribution in [0.1, 0.15) is 79.6 Å². The Morgan fingerprint density at radius 1 is 1.00 bits per heavy atom. The van der Waals surface area contributed by atoms with E-state index in [1.807, 2.05) is 6.92 Å². The number of rotatable bonds is 10. The average molecular weight is 369 g/mol. The fraction of sp³-hybridized carbons (Fsp3) is 0.941. The predicted octanol–water partition coefficient (Wildman–Crippen LogP) is 3.90. The Morgan fingerprint density at radius 3 is 1.87 bits per heavy atom. The lowest BCUT2D eigenvalue weighted by atomic mass is 10.1. The topological polar surface area (TPSA) is 74.3 Å². The maximum absolute atomic E-state index is 11.7. The van der Waals surface area contributed by atoms with Crippen molar-refractivity contribution < 1.29 is 17.8 Å². The van der Waals surface area contributed by atoms with Gasteiger partial charge in [0.05, 0.1) is 16.4 Å². The van der Waals surface area contributed by atoms with Crippen LogP contribution >= 0.6 is 0 Å². The van der Waals surface area contributed by atoms with Gasteiger partial charge in [-0.15, -0.1) is 0 Å². The molecule has 0 saturated heterocycles. The standard InChI is InChI=1S/C13H27OS.C4H10O3S/c1-6-7-8-9-10-12(14)11-15(5)13(2,3)4;1-2-3-4-8(5,6)7/h6-11H2,1-5H3;2-4H2,1H3,(H,5,6,7)/q+1;/p-1. The van der Waals surface area contributed by atoms with Crippen molar-refractivity contribution in [1.29, 1.82) is 0 Å². The number of hydrogen-bond acceptors (Lipinski definition) is 4. The minimum atomic E-state index is -3.94. The molecule has 0 saturated carbocycles. The first-order chi connectivity index (χ1) is 10.4. The molecule has 140 valence electrons. The molecule has 0 N–H and O–H groups in total. The molecule has 4 nitrogen and oxygen atoms in total. The zero-order chi connectivity index (χ0) is 18.5. The Kier molecular flexibility index (Phi) is 14.5. The Morgan fingerprint density at radius 2 is 1.52 bits per heavy atom. The Bertz CT molecular complexity index is 397. The second-order valence-electron chi connectivity index (χ2n) is 6.86. The van der Waals surface area contributed by atoms with Gasteiger partial charge in [-0.05, 0) is 44.5 Å². The summed E-state index contributed by atoms with van der Waals surface area (Å²) in [7, 11) is -3.71. The summed E-state index contributed by atoms with van der Waals surface area (Å²) in [6.45, 7) is 10.7. The monoisotopic (exact) mass is 368 g/mol. The first-order valence-corrected chi connectivity index (χ1v) is 11.9. The van der Waals surface area contributed by atoms with Gasteiger partial charge in [0.2, 0.25) is 0 Å². The first kappa shape index (κ1) is 25.2. The van der Waals surface area contributed by atoms with Crippen molar-refractivity contribution in [2.24, 2.45) is 0 Å². The largest absolute Gasteiger partial charge is 0.748 e. The molecule has 23 heavy (non-hydrogen) atoms. The van der Waals surface area contributed by atoms with E-state index in [2.05, 4.69) is 34.0 Å². The summed E-state index contributed by atoms with van der Waals surface area (Å²) in [4.78, 5) is 11.7. The maximum atomic E-state index is 11.7. The first-order valence-electron chi connectivity index (χ1n) is 8.52. The lowest BCUT2D eigenvalue weighted by Crippen LogP contribution is -2.32. The minimum absolute atomic E-state index is 0.219. The summed E-state index contributed by atoms with van der Waals surface area (Å²) >= 11 is 0. The number of ketones is 1. The molecule has 0 amide bonds. The summed E-state index contributed by atoms with van der Waals surface area (Å²) in [5, 5.41) is 0. The Labute approximate surface area is 146 Å². The predicted molar refractivity (Wildman–Crippen MR) is 101 cm³/mol. The van der Waals surface area contributed by atoms with E-state index in [0.717, 1.165) is 25.0 Å². The second kappa shape index (κ2) is 13.2. The molecule has 0 rings (SSSR count). The van der Waals surface area contributed by atoms with E-state index in [9.17, 15) is 17.8 Å². The smallest absolute Gasteiger partial charge is 0.181 e. The highest BCUT2D eigenvalue weighted by Gasteiger charge is 2.31. The Balaban J connectivity index is 0. The molecule has 0 fully saturated rings. The molecule has 0 bridgehead atoms. The highest BCUT2D eigenvalue weighted by atomic mass is 32.2. The van der Waals surface area contributed by atoms with E-state index in [-0.39, 0.29) is 16.6 Å². The molecule has 0 heterocycles. The zero-order valence-electron chi connectivity index (χ0n) is 15.8. The second-order valence-corrected chi connectivity index (χ2v) is 11.2. The molecule has 1 unspecified atom stereocenters. The summed E-state index contributed by atoms with van der Waals surface area (Å²) in [6.07, 6.45) is 9.06. The van der Waals surface area contributed by atoms with Crippen LogP contribution in [0.25, 0.3) is 0 Å². The van der Waals surface area contributed by atoms with Gasteiger partial charge in [0.15, 0.2) is 11.5 Å². The van der Waals surface area contributed by atoms with Crippen LogP contribution in [0.15, 0.2) is 0 Å². The van der Waals surface area contributed by atoms with Crippen LogP contribution in [0.5, 0.6) is 0 Å². The van der Waals surface area contributed by atoms with Gasteiger partial charge in [-0.1, -0.05) is 39.5 Å². The van der Waals surface area contributed by atoms with Gasteiger partial charge in [-0.25, -0.2) is 8.42 Å². The molecule has 0 aromatic rings. The van der Waals surface area contributed by atoms with Gasteiger partial charge in [0, 0.05) is 12.2 Å². The van der Waals surface area contributed by atoms with Crippen molar-refractivity contribution in [2.75, 3.05) is 17.8 Å². The summed E-state index contributed by atoms with van der Waals surface area (Å²) in [5.74, 6) is 1.03. The highest BCUT2D eigenvalue weighted by Crippen LogP contribution is 2.17. The third-order valence-electron chi connectivity index (χ3n) is 3.48. The minimum Gasteiger partial charge on any atom is -0.748 e. The summed E-state index contributed by atoms with van der Waals surface area (Å²) in [6, 6.07) is 0. The number of carbonyl (C=O) groups is 1. The Hall–Kier alpha value is -0.0700. The van der Waals surface area contributed by atoms with Crippen LogP contribution in [-0.2, 0) is 25.8 Å². The molecule has 1 atom stereocenters. The maximum Gasteiger partial charge on any atom is 0.181 e. The SMILES string of the molecule is CCCCCCC(=O)C[S+](C)C(C)(C)C.CCCCS(=O)(=O)[O-]. The van der Waals surface area contributed by atoms with Crippen LogP contribution in [0, 0.1) is 0 Å². The quantitative estimate of drug-likeness (QED) is 0.333. The number of carbonyl (C=O) groups excluding carboxylic acids is 1. The van der Waals surface area contributed by atoms with Crippen molar-refractivity contribution in [3.05, 3.63) is 0 Å². The molecule has 0 aromatic carbocycles. The fourth-order valence-corrected chi connectivity index (χ4v) is 3.30.